The molecule has 2 aromatic carbocycles. The van der Waals surface area contributed by atoms with Crippen molar-refractivity contribution in [2.75, 3.05) is 52.0 Å². The molecule has 26 heavy (non-hydrogen) atoms. The second-order valence-corrected chi connectivity index (χ2v) is 6.22. The lowest BCUT2D eigenvalue weighted by molar-refractivity contribution is 0.102. The maximum absolute atomic E-state index is 12.5. The van der Waals surface area contributed by atoms with E-state index in [1.54, 1.807) is 32.4 Å². The molecule has 2 aromatic rings. The Labute approximate surface area is 155 Å². The van der Waals surface area contributed by atoms with Gasteiger partial charge in [-0.1, -0.05) is 0 Å². The van der Waals surface area contributed by atoms with Crippen LogP contribution in [-0.4, -0.2) is 52.2 Å². The second kappa shape index (κ2) is 9.68. The Morgan fingerprint density at radius 3 is 2.08 bits per heavy atom. The van der Waals surface area contributed by atoms with Gasteiger partial charge in [-0.2, -0.15) is 0 Å². The summed E-state index contributed by atoms with van der Waals surface area (Å²) >= 11 is 0. The number of methoxy groups -OCH3 is 2. The maximum atomic E-state index is 12.5. The van der Waals surface area contributed by atoms with Crippen molar-refractivity contribution in [3.63, 3.8) is 0 Å². The van der Waals surface area contributed by atoms with Gasteiger partial charge in [0.2, 0.25) is 0 Å². The molecule has 140 valence electrons. The average molecular weight is 357 g/mol. The molecule has 0 aliphatic rings. The van der Waals surface area contributed by atoms with Crippen molar-refractivity contribution in [2.24, 2.45) is 0 Å². The minimum Gasteiger partial charge on any atom is -0.497 e. The summed E-state index contributed by atoms with van der Waals surface area (Å²) in [6, 6.07) is 12.8. The molecule has 0 fully saturated rings. The van der Waals surface area contributed by atoms with Crippen molar-refractivity contribution in [3.8, 4) is 11.5 Å². The predicted octanol–water partition coefficient (Wildman–Crippen LogP) is 3.32. The van der Waals surface area contributed by atoms with Crippen LogP contribution in [0.25, 0.3) is 0 Å². The van der Waals surface area contributed by atoms with Crippen LogP contribution in [0.1, 0.15) is 16.8 Å². The Morgan fingerprint density at radius 1 is 0.962 bits per heavy atom. The van der Waals surface area contributed by atoms with E-state index in [1.807, 2.05) is 24.3 Å². The molecule has 0 atom stereocenters. The van der Waals surface area contributed by atoms with Crippen molar-refractivity contribution in [1.29, 1.82) is 0 Å². The highest BCUT2D eigenvalue weighted by molar-refractivity contribution is 6.04. The molecule has 0 aromatic heterocycles. The molecule has 0 saturated heterocycles. The molecule has 0 bridgehead atoms. The summed E-state index contributed by atoms with van der Waals surface area (Å²) in [5.41, 5.74) is 2.24. The Morgan fingerprint density at radius 2 is 1.54 bits per heavy atom. The predicted molar refractivity (Wildman–Crippen MR) is 106 cm³/mol. The molecular weight excluding hydrogens is 330 g/mol. The third kappa shape index (κ3) is 5.97. The molecule has 0 spiro atoms. The summed E-state index contributed by atoms with van der Waals surface area (Å²) in [5, 5.41) is 6.26. The van der Waals surface area contributed by atoms with Crippen molar-refractivity contribution < 1.29 is 14.3 Å². The van der Waals surface area contributed by atoms with E-state index >= 15 is 0 Å². The fourth-order valence-corrected chi connectivity index (χ4v) is 2.44. The first kappa shape index (κ1) is 19.6. The maximum Gasteiger partial charge on any atom is 0.255 e. The lowest BCUT2D eigenvalue weighted by Gasteiger charge is -2.12. The van der Waals surface area contributed by atoms with Crippen molar-refractivity contribution in [1.82, 2.24) is 4.90 Å². The van der Waals surface area contributed by atoms with Crippen molar-refractivity contribution in [2.45, 2.75) is 6.42 Å². The van der Waals surface area contributed by atoms with E-state index in [4.69, 9.17) is 9.47 Å². The molecule has 0 aliphatic heterocycles. The van der Waals surface area contributed by atoms with Crippen LogP contribution in [0.5, 0.6) is 11.5 Å². The Hall–Kier alpha value is -2.73. The number of nitrogens with one attached hydrogen (secondary N) is 2. The molecule has 0 saturated carbocycles. The normalized spacial score (nSPS) is 10.5. The van der Waals surface area contributed by atoms with Gasteiger partial charge in [0.25, 0.3) is 5.91 Å². The van der Waals surface area contributed by atoms with E-state index < -0.39 is 0 Å². The number of amides is 1. The quantitative estimate of drug-likeness (QED) is 0.674. The van der Waals surface area contributed by atoms with Gasteiger partial charge in [-0.25, -0.2) is 0 Å². The Kier molecular flexibility index (Phi) is 7.29. The Bertz CT molecular complexity index is 692. The largest absolute Gasteiger partial charge is 0.497 e. The third-order valence-electron chi connectivity index (χ3n) is 3.87. The van der Waals surface area contributed by atoms with Crippen LogP contribution < -0.4 is 20.1 Å². The number of benzene rings is 2. The van der Waals surface area contributed by atoms with Crippen LogP contribution in [-0.2, 0) is 0 Å². The van der Waals surface area contributed by atoms with E-state index in [0.717, 1.165) is 30.9 Å². The van der Waals surface area contributed by atoms with Crippen molar-refractivity contribution in [3.05, 3.63) is 48.0 Å². The van der Waals surface area contributed by atoms with Gasteiger partial charge in [0, 0.05) is 29.5 Å². The van der Waals surface area contributed by atoms with Crippen LogP contribution in [0.4, 0.5) is 11.4 Å². The van der Waals surface area contributed by atoms with Crippen LogP contribution in [0, 0.1) is 0 Å². The van der Waals surface area contributed by atoms with Gasteiger partial charge in [-0.3, -0.25) is 4.79 Å². The number of carbonyl (C=O) groups excluding carboxylic acids is 1. The number of carbonyl (C=O) groups is 1. The lowest BCUT2D eigenvalue weighted by atomic mass is 10.1. The number of hydrogen-bond acceptors (Lipinski definition) is 5. The minimum absolute atomic E-state index is 0.214. The number of ether oxygens (including phenoxy) is 2. The highest BCUT2D eigenvalue weighted by atomic mass is 16.5. The van der Waals surface area contributed by atoms with Gasteiger partial charge >= 0.3 is 0 Å². The lowest BCUT2D eigenvalue weighted by Crippen LogP contribution is -2.16. The number of rotatable bonds is 9. The van der Waals surface area contributed by atoms with Gasteiger partial charge in [0.1, 0.15) is 11.5 Å². The smallest absolute Gasteiger partial charge is 0.255 e. The fraction of sp³-hybridized carbons (Fsp3) is 0.350. The first-order valence-electron chi connectivity index (χ1n) is 8.55. The molecule has 0 radical (unpaired) electrons. The summed E-state index contributed by atoms with van der Waals surface area (Å²) in [4.78, 5) is 14.6. The third-order valence-corrected chi connectivity index (χ3v) is 3.87. The zero-order valence-corrected chi connectivity index (χ0v) is 15.8. The first-order chi connectivity index (χ1) is 12.5. The number of anilines is 2. The molecule has 0 heterocycles. The highest BCUT2D eigenvalue weighted by Gasteiger charge is 2.10. The average Bonchev–Trinajstić information content (AvgIpc) is 2.65. The second-order valence-electron chi connectivity index (χ2n) is 6.22. The van der Waals surface area contributed by atoms with Crippen LogP contribution in [0.3, 0.4) is 0 Å². The summed E-state index contributed by atoms with van der Waals surface area (Å²) < 4.78 is 10.4. The van der Waals surface area contributed by atoms with Crippen LogP contribution in [0.15, 0.2) is 42.5 Å². The van der Waals surface area contributed by atoms with Crippen LogP contribution >= 0.6 is 0 Å². The van der Waals surface area contributed by atoms with Gasteiger partial charge in [-0.15, -0.1) is 0 Å². The van der Waals surface area contributed by atoms with Crippen LogP contribution in [0.2, 0.25) is 0 Å². The molecule has 2 N–H and O–H groups in total. The van der Waals surface area contributed by atoms with E-state index in [9.17, 15) is 4.79 Å². The van der Waals surface area contributed by atoms with E-state index in [0.29, 0.717) is 17.1 Å². The Balaban J connectivity index is 1.95. The first-order valence-corrected chi connectivity index (χ1v) is 8.55. The SMILES string of the molecule is COc1cc(OC)cc(C(=O)Nc2ccc(NCCCN(C)C)cc2)c1. The van der Waals surface area contributed by atoms with E-state index in [2.05, 4.69) is 29.6 Å². The highest BCUT2D eigenvalue weighted by Crippen LogP contribution is 2.23. The van der Waals surface area contributed by atoms with Gasteiger partial charge in [0.15, 0.2) is 0 Å². The summed E-state index contributed by atoms with van der Waals surface area (Å²) in [6.45, 7) is 1.96. The summed E-state index contributed by atoms with van der Waals surface area (Å²) in [7, 11) is 7.24. The van der Waals surface area contributed by atoms with E-state index in [-0.39, 0.29) is 5.91 Å². The van der Waals surface area contributed by atoms with Gasteiger partial charge in [0.05, 0.1) is 14.2 Å². The molecule has 0 unspecified atom stereocenters. The summed E-state index contributed by atoms with van der Waals surface area (Å²) in [6.07, 6.45) is 1.07. The molecular formula is C20H27N3O3. The van der Waals surface area contributed by atoms with Gasteiger partial charge < -0.3 is 25.0 Å². The molecule has 6 heteroatoms. The molecule has 6 nitrogen and oxygen atoms in total. The molecule has 1 amide bonds. The number of hydrogen-bond donors (Lipinski definition) is 2. The topological polar surface area (TPSA) is 62.8 Å². The molecule has 0 aliphatic carbocycles. The van der Waals surface area contributed by atoms with Crippen molar-refractivity contribution >= 4 is 17.3 Å². The monoisotopic (exact) mass is 357 g/mol. The standard InChI is InChI=1S/C20H27N3O3/c1-23(2)11-5-10-21-16-6-8-17(9-7-16)22-20(24)15-12-18(25-3)14-19(13-15)26-4/h6-9,12-14,21H,5,10-11H2,1-4H3,(H,22,24). The zero-order valence-electron chi connectivity index (χ0n) is 15.8. The fourth-order valence-electron chi connectivity index (χ4n) is 2.44. The minimum atomic E-state index is -0.214. The number of nitrogens with zero attached hydrogens (tertiary/aromatic N) is 1. The van der Waals surface area contributed by atoms with Gasteiger partial charge in [-0.05, 0) is 63.5 Å². The molecule has 2 rings (SSSR count). The summed E-state index contributed by atoms with van der Waals surface area (Å²) in [5.74, 6) is 0.937. The van der Waals surface area contributed by atoms with E-state index in [1.165, 1.54) is 0 Å². The zero-order chi connectivity index (χ0) is 18.9.